The molecule has 2 aliphatic rings. The van der Waals surface area contributed by atoms with Gasteiger partial charge in [0.1, 0.15) is 11.2 Å². The molecule has 2 nitrogen and oxygen atoms in total. The Morgan fingerprint density at radius 3 is 1.97 bits per heavy atom. The molecule has 0 atom stereocenters. The molecule has 0 fully saturated rings. The van der Waals surface area contributed by atoms with E-state index in [1.807, 2.05) is 11.3 Å². The standard InChI is InChI=1S/C56H51NOS/c1-53(2,3)32-26-42-41-30-39-38-18-15-20-47(51(38)56(9,10)45(39)31-50(41)59-52(42)46(27-32)54(4,5)6)57(33-23-25-49-40(28-33)37-17-12-14-21-48(37)58-49)34-22-24-36-35-16-11-13-19-43(35)55(7,8)44(36)29-34/h11-31H,1-10H3. The lowest BCUT2D eigenvalue weighted by molar-refractivity contribution is 0.573. The minimum atomic E-state index is -0.258. The van der Waals surface area contributed by atoms with Gasteiger partial charge in [0, 0.05) is 53.1 Å². The topological polar surface area (TPSA) is 16.4 Å². The van der Waals surface area contributed by atoms with E-state index in [1.165, 1.54) is 81.5 Å². The highest BCUT2D eigenvalue weighted by Crippen LogP contribution is 2.58. The van der Waals surface area contributed by atoms with E-state index >= 15 is 0 Å². The molecular formula is C56H51NOS. The van der Waals surface area contributed by atoms with E-state index in [0.29, 0.717) is 0 Å². The third-order valence-corrected chi connectivity index (χ3v) is 14.9. The molecule has 0 aliphatic heterocycles. The quantitative estimate of drug-likeness (QED) is 0.177. The molecule has 0 saturated heterocycles. The fourth-order valence-corrected chi connectivity index (χ4v) is 11.9. The maximum Gasteiger partial charge on any atom is 0.135 e. The van der Waals surface area contributed by atoms with E-state index in [9.17, 15) is 0 Å². The summed E-state index contributed by atoms with van der Waals surface area (Å²) in [5.41, 5.74) is 18.7. The zero-order valence-corrected chi connectivity index (χ0v) is 36.7. The molecule has 0 spiro atoms. The zero-order valence-electron chi connectivity index (χ0n) is 35.9. The van der Waals surface area contributed by atoms with Crippen LogP contribution in [-0.4, -0.2) is 0 Å². The van der Waals surface area contributed by atoms with E-state index < -0.39 is 0 Å². The summed E-state index contributed by atoms with van der Waals surface area (Å²) in [6.45, 7) is 23.7. The van der Waals surface area contributed by atoms with Crippen LogP contribution in [0.5, 0.6) is 0 Å². The molecular weight excluding hydrogens is 735 g/mol. The Hall–Kier alpha value is -5.64. The molecule has 11 rings (SSSR count). The van der Waals surface area contributed by atoms with Gasteiger partial charge in [-0.15, -0.1) is 11.3 Å². The normalized spacial score (nSPS) is 15.2. The van der Waals surface area contributed by atoms with Crippen LogP contribution in [-0.2, 0) is 21.7 Å². The second kappa shape index (κ2) is 12.0. The number of anilines is 3. The fraction of sp³-hybridized carbons (Fsp3) is 0.250. The van der Waals surface area contributed by atoms with Gasteiger partial charge in [-0.2, -0.15) is 0 Å². The maximum atomic E-state index is 6.37. The van der Waals surface area contributed by atoms with Gasteiger partial charge >= 0.3 is 0 Å². The molecule has 2 aliphatic carbocycles. The average Bonchev–Trinajstić information content (AvgIpc) is 3.89. The predicted octanol–water partition coefficient (Wildman–Crippen LogP) is 16.6. The van der Waals surface area contributed by atoms with Gasteiger partial charge in [0.05, 0.1) is 5.69 Å². The number of benzene rings is 7. The molecule has 0 bridgehead atoms. The van der Waals surface area contributed by atoms with Crippen LogP contribution in [0.4, 0.5) is 17.1 Å². The molecule has 9 aromatic rings. The SMILES string of the molecule is CC(C)(C)c1cc(C(C)(C)C)c2sc3cc4c(cc3c2c1)-c1cccc(N(c2ccc3c(c2)C(C)(C)c2ccccc2-3)c2ccc3oc5ccccc5c3c2)c1C4(C)C. The summed E-state index contributed by atoms with van der Waals surface area (Å²) in [5.74, 6) is 0. The van der Waals surface area contributed by atoms with Crippen LogP contribution >= 0.6 is 11.3 Å². The van der Waals surface area contributed by atoms with Gasteiger partial charge in [0.25, 0.3) is 0 Å². The highest BCUT2D eigenvalue weighted by atomic mass is 32.1. The van der Waals surface area contributed by atoms with Crippen molar-refractivity contribution in [3.8, 4) is 22.3 Å². The average molecular weight is 786 g/mol. The van der Waals surface area contributed by atoms with Crippen LogP contribution in [0.2, 0.25) is 0 Å². The maximum absolute atomic E-state index is 6.37. The van der Waals surface area contributed by atoms with Gasteiger partial charge in [-0.25, -0.2) is 0 Å². The first-order valence-corrected chi connectivity index (χ1v) is 22.0. The number of para-hydroxylation sites is 1. The van der Waals surface area contributed by atoms with Gasteiger partial charge in [0.2, 0.25) is 0 Å². The summed E-state index contributed by atoms with van der Waals surface area (Å²) in [7, 11) is 0. The van der Waals surface area contributed by atoms with Gasteiger partial charge in [-0.05, 0) is 127 Å². The monoisotopic (exact) mass is 785 g/mol. The highest BCUT2D eigenvalue weighted by Gasteiger charge is 2.41. The molecule has 0 unspecified atom stereocenters. The number of nitrogens with zero attached hydrogens (tertiary/aromatic N) is 1. The lowest BCUT2D eigenvalue weighted by atomic mass is 9.79. The Labute approximate surface area is 352 Å². The molecule has 0 radical (unpaired) electrons. The minimum Gasteiger partial charge on any atom is -0.456 e. The lowest BCUT2D eigenvalue weighted by Gasteiger charge is -2.33. The van der Waals surface area contributed by atoms with E-state index in [0.717, 1.165) is 33.3 Å². The predicted molar refractivity (Wildman–Crippen MR) is 254 cm³/mol. The second-order valence-corrected chi connectivity index (χ2v) is 21.3. The molecule has 7 aromatic carbocycles. The lowest BCUT2D eigenvalue weighted by Crippen LogP contribution is -2.21. The Balaban J connectivity index is 1.16. The molecule has 292 valence electrons. The summed E-state index contributed by atoms with van der Waals surface area (Å²) < 4.78 is 9.16. The Kier molecular flexibility index (Phi) is 7.40. The van der Waals surface area contributed by atoms with Crippen molar-refractivity contribution in [1.29, 1.82) is 0 Å². The number of rotatable bonds is 3. The smallest absolute Gasteiger partial charge is 0.135 e. The summed E-state index contributed by atoms with van der Waals surface area (Å²) >= 11 is 1.97. The van der Waals surface area contributed by atoms with Crippen LogP contribution in [0, 0.1) is 0 Å². The molecule has 3 heteroatoms. The van der Waals surface area contributed by atoms with Crippen LogP contribution in [0.3, 0.4) is 0 Å². The summed E-state index contributed by atoms with van der Waals surface area (Å²) in [6, 6.07) is 48.2. The third kappa shape index (κ3) is 5.16. The van der Waals surface area contributed by atoms with Gasteiger partial charge < -0.3 is 9.32 Å². The Morgan fingerprint density at radius 2 is 1.17 bits per heavy atom. The minimum absolute atomic E-state index is 0.0364. The fourth-order valence-electron chi connectivity index (χ4n) is 10.5. The van der Waals surface area contributed by atoms with E-state index in [2.05, 4.69) is 202 Å². The number of hydrogen-bond donors (Lipinski definition) is 0. The van der Waals surface area contributed by atoms with Gasteiger partial charge in [-0.1, -0.05) is 136 Å². The van der Waals surface area contributed by atoms with Crippen molar-refractivity contribution in [2.75, 3.05) is 4.90 Å². The van der Waals surface area contributed by atoms with Crippen LogP contribution in [0.1, 0.15) is 103 Å². The van der Waals surface area contributed by atoms with E-state index in [4.69, 9.17) is 4.42 Å². The van der Waals surface area contributed by atoms with Crippen LogP contribution in [0.15, 0.2) is 132 Å². The number of fused-ring (bicyclic) bond motifs is 12. The Morgan fingerprint density at radius 1 is 0.492 bits per heavy atom. The second-order valence-electron chi connectivity index (χ2n) is 20.2. The summed E-state index contributed by atoms with van der Waals surface area (Å²) in [5, 5.41) is 5.02. The van der Waals surface area contributed by atoms with Crippen LogP contribution < -0.4 is 4.90 Å². The number of thiophene rings is 1. The molecule has 0 N–H and O–H groups in total. The zero-order chi connectivity index (χ0) is 41.0. The van der Waals surface area contributed by atoms with E-state index in [-0.39, 0.29) is 21.7 Å². The Bertz CT molecular complexity index is 3240. The van der Waals surface area contributed by atoms with Crippen molar-refractivity contribution < 1.29 is 4.42 Å². The van der Waals surface area contributed by atoms with E-state index in [1.54, 1.807) is 0 Å². The molecule has 59 heavy (non-hydrogen) atoms. The molecule has 2 aromatic heterocycles. The molecule has 0 amide bonds. The number of furan rings is 1. The third-order valence-electron chi connectivity index (χ3n) is 13.7. The van der Waals surface area contributed by atoms with Crippen LogP contribution in [0.25, 0.3) is 64.4 Å². The van der Waals surface area contributed by atoms with Crippen molar-refractivity contribution in [3.63, 3.8) is 0 Å². The summed E-state index contributed by atoms with van der Waals surface area (Å²) in [4.78, 5) is 2.52. The molecule has 2 heterocycles. The van der Waals surface area contributed by atoms with Gasteiger partial charge in [-0.3, -0.25) is 0 Å². The molecule has 0 saturated carbocycles. The first-order chi connectivity index (χ1) is 28.0. The first-order valence-electron chi connectivity index (χ1n) is 21.2. The number of hydrogen-bond acceptors (Lipinski definition) is 3. The summed E-state index contributed by atoms with van der Waals surface area (Å²) in [6.07, 6.45) is 0. The van der Waals surface area contributed by atoms with Crippen molar-refractivity contribution >= 4 is 70.5 Å². The highest BCUT2D eigenvalue weighted by molar-refractivity contribution is 7.26. The first kappa shape index (κ1) is 36.4. The largest absolute Gasteiger partial charge is 0.456 e. The van der Waals surface area contributed by atoms with Gasteiger partial charge in [0.15, 0.2) is 0 Å². The van der Waals surface area contributed by atoms with Crippen molar-refractivity contribution in [2.45, 2.75) is 90.9 Å². The van der Waals surface area contributed by atoms with Crippen molar-refractivity contribution in [3.05, 3.63) is 161 Å². The van der Waals surface area contributed by atoms with Crippen molar-refractivity contribution in [2.24, 2.45) is 0 Å². The van der Waals surface area contributed by atoms with Crippen molar-refractivity contribution in [1.82, 2.24) is 0 Å².